The lowest BCUT2D eigenvalue weighted by molar-refractivity contribution is -0.117. The normalized spacial score (nSPS) is 17.1. The van der Waals surface area contributed by atoms with Crippen LogP contribution in [0.2, 0.25) is 0 Å². The van der Waals surface area contributed by atoms with Crippen molar-refractivity contribution in [1.82, 2.24) is 4.90 Å². The summed E-state index contributed by atoms with van der Waals surface area (Å²) in [4.78, 5) is 24.4. The summed E-state index contributed by atoms with van der Waals surface area (Å²) in [5, 5.41) is 2.67. The third kappa shape index (κ3) is 4.13. The zero-order valence-electron chi connectivity index (χ0n) is 10.6. The average molecular weight is 264 g/mol. The second-order valence-corrected chi connectivity index (χ2v) is 4.81. The van der Waals surface area contributed by atoms with Gasteiger partial charge in [-0.05, 0) is 44.1 Å². The van der Waals surface area contributed by atoms with Crippen LogP contribution in [0.15, 0.2) is 24.3 Å². The van der Waals surface area contributed by atoms with Crippen LogP contribution < -0.4 is 5.32 Å². The van der Waals surface area contributed by atoms with Gasteiger partial charge in [0.15, 0.2) is 0 Å². The molecule has 1 aromatic carbocycles. The lowest BCUT2D eigenvalue weighted by Gasteiger charge is -2.28. The number of aldehydes is 1. The molecule has 1 aliphatic rings. The summed E-state index contributed by atoms with van der Waals surface area (Å²) >= 11 is 0. The van der Waals surface area contributed by atoms with E-state index in [1.165, 1.54) is 12.1 Å². The Balaban J connectivity index is 1.80. The zero-order valence-corrected chi connectivity index (χ0v) is 10.6. The number of benzene rings is 1. The molecular formula is C14H17FN2O2. The molecule has 0 atom stereocenters. The van der Waals surface area contributed by atoms with Crippen molar-refractivity contribution in [3.63, 3.8) is 0 Å². The highest BCUT2D eigenvalue weighted by molar-refractivity contribution is 5.92. The minimum absolute atomic E-state index is 0.127. The molecule has 1 N–H and O–H groups in total. The minimum Gasteiger partial charge on any atom is -0.325 e. The Morgan fingerprint density at radius 3 is 2.79 bits per heavy atom. The Hall–Kier alpha value is -1.75. The number of amides is 1. The van der Waals surface area contributed by atoms with Crippen LogP contribution in [0.1, 0.15) is 12.8 Å². The van der Waals surface area contributed by atoms with E-state index in [9.17, 15) is 14.0 Å². The second-order valence-electron chi connectivity index (χ2n) is 4.81. The Labute approximate surface area is 111 Å². The van der Waals surface area contributed by atoms with Gasteiger partial charge in [-0.2, -0.15) is 0 Å². The molecular weight excluding hydrogens is 247 g/mol. The number of rotatable bonds is 4. The summed E-state index contributed by atoms with van der Waals surface area (Å²) < 4.78 is 13.0. The van der Waals surface area contributed by atoms with Gasteiger partial charge in [0.2, 0.25) is 5.91 Å². The first-order valence-electron chi connectivity index (χ1n) is 6.40. The number of anilines is 1. The highest BCUT2D eigenvalue weighted by Gasteiger charge is 2.20. The Kier molecular flexibility index (Phi) is 4.63. The van der Waals surface area contributed by atoms with E-state index in [0.717, 1.165) is 32.2 Å². The molecule has 102 valence electrons. The van der Waals surface area contributed by atoms with Gasteiger partial charge in [-0.3, -0.25) is 9.69 Å². The van der Waals surface area contributed by atoms with Crippen molar-refractivity contribution in [2.45, 2.75) is 12.8 Å². The number of likely N-dealkylation sites (tertiary alicyclic amines) is 1. The molecule has 0 unspecified atom stereocenters. The Bertz CT molecular complexity index is 457. The number of nitrogens with one attached hydrogen (secondary N) is 1. The van der Waals surface area contributed by atoms with Gasteiger partial charge in [0, 0.05) is 11.6 Å². The third-order valence-electron chi connectivity index (χ3n) is 3.30. The van der Waals surface area contributed by atoms with Crippen molar-refractivity contribution in [1.29, 1.82) is 0 Å². The zero-order chi connectivity index (χ0) is 13.7. The van der Waals surface area contributed by atoms with Crippen molar-refractivity contribution in [3.8, 4) is 0 Å². The molecule has 19 heavy (non-hydrogen) atoms. The van der Waals surface area contributed by atoms with Crippen molar-refractivity contribution in [2.75, 3.05) is 25.0 Å². The second kappa shape index (κ2) is 6.43. The van der Waals surface area contributed by atoms with E-state index in [0.29, 0.717) is 5.69 Å². The SMILES string of the molecule is O=CC1CCN(CC(=O)Nc2cccc(F)c2)CC1. The fraction of sp³-hybridized carbons (Fsp3) is 0.429. The number of nitrogens with zero attached hydrogens (tertiary/aromatic N) is 1. The van der Waals surface area contributed by atoms with Gasteiger partial charge < -0.3 is 10.1 Å². The molecule has 1 aromatic rings. The first kappa shape index (κ1) is 13.7. The van der Waals surface area contributed by atoms with E-state index >= 15 is 0 Å². The van der Waals surface area contributed by atoms with Gasteiger partial charge in [0.25, 0.3) is 0 Å². The summed E-state index contributed by atoms with van der Waals surface area (Å²) in [7, 11) is 0. The number of hydrogen-bond acceptors (Lipinski definition) is 3. The van der Waals surface area contributed by atoms with Gasteiger partial charge in [-0.25, -0.2) is 4.39 Å². The van der Waals surface area contributed by atoms with Crippen LogP contribution in [0.25, 0.3) is 0 Å². The molecule has 0 aromatic heterocycles. The molecule has 0 saturated carbocycles. The van der Waals surface area contributed by atoms with Gasteiger partial charge >= 0.3 is 0 Å². The van der Waals surface area contributed by atoms with Crippen molar-refractivity contribution in [3.05, 3.63) is 30.1 Å². The molecule has 0 radical (unpaired) electrons. The summed E-state index contributed by atoms with van der Waals surface area (Å²) in [6.07, 6.45) is 2.59. The van der Waals surface area contributed by atoms with Crippen LogP contribution in [0.4, 0.5) is 10.1 Å². The number of piperidine rings is 1. The van der Waals surface area contributed by atoms with E-state index in [1.54, 1.807) is 12.1 Å². The molecule has 0 aliphatic carbocycles. The van der Waals surface area contributed by atoms with E-state index in [-0.39, 0.29) is 24.2 Å². The maximum Gasteiger partial charge on any atom is 0.238 e. The van der Waals surface area contributed by atoms with Crippen LogP contribution in [0.5, 0.6) is 0 Å². The lowest BCUT2D eigenvalue weighted by Crippen LogP contribution is -2.39. The first-order valence-corrected chi connectivity index (χ1v) is 6.40. The summed E-state index contributed by atoms with van der Waals surface area (Å²) in [6.45, 7) is 1.78. The van der Waals surface area contributed by atoms with Gasteiger partial charge in [-0.15, -0.1) is 0 Å². The molecule has 1 amide bonds. The van der Waals surface area contributed by atoms with E-state index in [2.05, 4.69) is 5.32 Å². The predicted octanol–water partition coefficient (Wildman–Crippen LogP) is 1.68. The van der Waals surface area contributed by atoms with Crippen LogP contribution in [-0.4, -0.2) is 36.7 Å². The number of hydrogen-bond donors (Lipinski definition) is 1. The topological polar surface area (TPSA) is 49.4 Å². The Morgan fingerprint density at radius 1 is 1.42 bits per heavy atom. The Morgan fingerprint density at radius 2 is 2.16 bits per heavy atom. The van der Waals surface area contributed by atoms with Crippen LogP contribution in [0, 0.1) is 11.7 Å². The number of carbonyl (C=O) groups excluding carboxylic acids is 2. The smallest absolute Gasteiger partial charge is 0.238 e. The van der Waals surface area contributed by atoms with E-state index in [4.69, 9.17) is 0 Å². The van der Waals surface area contributed by atoms with Crippen molar-refractivity contribution < 1.29 is 14.0 Å². The van der Waals surface area contributed by atoms with Gasteiger partial charge in [-0.1, -0.05) is 6.07 Å². The highest BCUT2D eigenvalue weighted by Crippen LogP contribution is 2.15. The molecule has 4 nitrogen and oxygen atoms in total. The molecule has 1 heterocycles. The summed E-state index contributed by atoms with van der Waals surface area (Å²) in [5.74, 6) is -0.401. The fourth-order valence-corrected chi connectivity index (χ4v) is 2.22. The molecule has 1 saturated heterocycles. The lowest BCUT2D eigenvalue weighted by atomic mass is 9.99. The molecule has 2 rings (SSSR count). The average Bonchev–Trinajstić information content (AvgIpc) is 2.39. The first-order chi connectivity index (χ1) is 9.17. The molecule has 1 aliphatic heterocycles. The maximum absolute atomic E-state index is 13.0. The number of halogens is 1. The van der Waals surface area contributed by atoms with E-state index < -0.39 is 0 Å². The molecule has 0 spiro atoms. The number of carbonyl (C=O) groups is 2. The van der Waals surface area contributed by atoms with Crippen molar-refractivity contribution in [2.24, 2.45) is 5.92 Å². The maximum atomic E-state index is 13.0. The highest BCUT2D eigenvalue weighted by atomic mass is 19.1. The molecule has 0 bridgehead atoms. The van der Waals surface area contributed by atoms with Crippen LogP contribution in [0.3, 0.4) is 0 Å². The quantitative estimate of drug-likeness (QED) is 0.842. The van der Waals surface area contributed by atoms with Crippen LogP contribution in [-0.2, 0) is 9.59 Å². The summed E-state index contributed by atoms with van der Waals surface area (Å²) in [6, 6.07) is 5.83. The standard InChI is InChI=1S/C14H17FN2O2/c15-12-2-1-3-13(8-12)16-14(19)9-17-6-4-11(10-18)5-7-17/h1-3,8,10-11H,4-7,9H2,(H,16,19). The predicted molar refractivity (Wildman–Crippen MR) is 70.3 cm³/mol. The minimum atomic E-state index is -0.371. The largest absolute Gasteiger partial charge is 0.325 e. The summed E-state index contributed by atoms with van der Waals surface area (Å²) in [5.41, 5.74) is 0.466. The van der Waals surface area contributed by atoms with Crippen LogP contribution >= 0.6 is 0 Å². The molecule has 1 fully saturated rings. The fourth-order valence-electron chi connectivity index (χ4n) is 2.22. The third-order valence-corrected chi connectivity index (χ3v) is 3.30. The van der Waals surface area contributed by atoms with Gasteiger partial charge in [0.05, 0.1) is 6.54 Å². The van der Waals surface area contributed by atoms with Crippen molar-refractivity contribution >= 4 is 17.9 Å². The monoisotopic (exact) mass is 264 g/mol. The molecule has 5 heteroatoms. The van der Waals surface area contributed by atoms with E-state index in [1.807, 2.05) is 4.90 Å². The van der Waals surface area contributed by atoms with Gasteiger partial charge in [0.1, 0.15) is 12.1 Å².